The average molecular weight is 377 g/mol. The summed E-state index contributed by atoms with van der Waals surface area (Å²) in [6, 6.07) is 4.30. The lowest BCUT2D eigenvalue weighted by Gasteiger charge is -2.08. The second-order valence-corrected chi connectivity index (χ2v) is 8.27. The molecular formula is C16H16N4OS3. The van der Waals surface area contributed by atoms with Crippen LogP contribution in [0.5, 0.6) is 0 Å². The van der Waals surface area contributed by atoms with Gasteiger partial charge in [0.2, 0.25) is 5.91 Å². The zero-order chi connectivity index (χ0) is 17.1. The molecule has 0 aliphatic heterocycles. The van der Waals surface area contributed by atoms with Crippen molar-refractivity contribution in [3.8, 4) is 11.3 Å². The van der Waals surface area contributed by atoms with E-state index >= 15 is 0 Å². The van der Waals surface area contributed by atoms with E-state index in [-0.39, 0.29) is 5.91 Å². The van der Waals surface area contributed by atoms with Crippen LogP contribution in [0.25, 0.3) is 11.3 Å². The largest absolute Gasteiger partial charge is 0.301 e. The number of rotatable bonds is 5. The lowest BCUT2D eigenvalue weighted by Crippen LogP contribution is -2.13. The van der Waals surface area contributed by atoms with E-state index in [0.29, 0.717) is 10.9 Å². The molecule has 124 valence electrons. The van der Waals surface area contributed by atoms with Gasteiger partial charge in [0.15, 0.2) is 9.47 Å². The first kappa shape index (κ1) is 17.1. The van der Waals surface area contributed by atoms with Gasteiger partial charge in [-0.2, -0.15) is 0 Å². The van der Waals surface area contributed by atoms with Crippen molar-refractivity contribution in [2.24, 2.45) is 0 Å². The van der Waals surface area contributed by atoms with Crippen LogP contribution in [0.3, 0.4) is 0 Å². The van der Waals surface area contributed by atoms with E-state index in [9.17, 15) is 4.79 Å². The van der Waals surface area contributed by atoms with Crippen molar-refractivity contribution in [3.05, 3.63) is 39.7 Å². The molecule has 0 atom stereocenters. The molecule has 0 bridgehead atoms. The molecule has 0 fully saturated rings. The highest BCUT2D eigenvalue weighted by Crippen LogP contribution is 2.31. The number of thiazole rings is 1. The number of aromatic nitrogens is 3. The third kappa shape index (κ3) is 4.00. The highest BCUT2D eigenvalue weighted by Gasteiger charge is 2.13. The first-order chi connectivity index (χ1) is 11.5. The summed E-state index contributed by atoms with van der Waals surface area (Å²) < 4.78 is 0.788. The first-order valence-corrected chi connectivity index (χ1v) is 10.00. The predicted molar refractivity (Wildman–Crippen MR) is 101 cm³/mol. The molecule has 8 heteroatoms. The third-order valence-corrected chi connectivity index (χ3v) is 5.97. The number of amides is 1. The van der Waals surface area contributed by atoms with E-state index < -0.39 is 0 Å². The minimum atomic E-state index is -0.0894. The van der Waals surface area contributed by atoms with E-state index in [0.717, 1.165) is 15.6 Å². The zero-order valence-corrected chi connectivity index (χ0v) is 15.9. The molecule has 0 aliphatic rings. The van der Waals surface area contributed by atoms with Crippen LogP contribution in [0.15, 0.2) is 27.4 Å². The topological polar surface area (TPSA) is 67.8 Å². The highest BCUT2D eigenvalue weighted by molar-refractivity contribution is 8.01. The van der Waals surface area contributed by atoms with Gasteiger partial charge in [-0.25, -0.2) is 4.98 Å². The Labute approximate surface area is 152 Å². The average Bonchev–Trinajstić information content (AvgIpc) is 3.16. The van der Waals surface area contributed by atoms with Gasteiger partial charge >= 0.3 is 0 Å². The molecule has 2 aromatic heterocycles. The van der Waals surface area contributed by atoms with Crippen molar-refractivity contribution >= 4 is 45.5 Å². The summed E-state index contributed by atoms with van der Waals surface area (Å²) in [6.45, 7) is 6.27. The van der Waals surface area contributed by atoms with Crippen molar-refractivity contribution in [2.45, 2.75) is 25.1 Å². The van der Waals surface area contributed by atoms with Gasteiger partial charge in [0, 0.05) is 10.9 Å². The molecule has 0 radical (unpaired) electrons. The Morgan fingerprint density at radius 2 is 1.96 bits per heavy atom. The van der Waals surface area contributed by atoms with Crippen molar-refractivity contribution in [3.63, 3.8) is 0 Å². The van der Waals surface area contributed by atoms with E-state index in [2.05, 4.69) is 53.4 Å². The van der Waals surface area contributed by atoms with Gasteiger partial charge in [-0.3, -0.25) is 4.79 Å². The van der Waals surface area contributed by atoms with Crippen molar-refractivity contribution in [1.29, 1.82) is 0 Å². The third-order valence-electron chi connectivity index (χ3n) is 3.35. The molecule has 1 aromatic carbocycles. The van der Waals surface area contributed by atoms with Gasteiger partial charge in [-0.15, -0.1) is 21.5 Å². The number of hydrogen-bond donors (Lipinski definition) is 1. The molecule has 3 rings (SSSR count). The van der Waals surface area contributed by atoms with E-state index in [1.54, 1.807) is 5.51 Å². The Hall–Kier alpha value is -1.77. The molecule has 3 aromatic rings. The van der Waals surface area contributed by atoms with Crippen LogP contribution in [-0.2, 0) is 4.79 Å². The van der Waals surface area contributed by atoms with Gasteiger partial charge < -0.3 is 5.32 Å². The van der Waals surface area contributed by atoms with Crippen LogP contribution in [-0.4, -0.2) is 26.8 Å². The maximum absolute atomic E-state index is 12.0. The van der Waals surface area contributed by atoms with E-state index in [1.165, 1.54) is 51.1 Å². The fourth-order valence-electron chi connectivity index (χ4n) is 2.54. The number of carbonyl (C=O) groups excluding carboxylic acids is 1. The van der Waals surface area contributed by atoms with Crippen molar-refractivity contribution in [2.75, 3.05) is 11.1 Å². The quantitative estimate of drug-likeness (QED) is 0.672. The van der Waals surface area contributed by atoms with Gasteiger partial charge in [-0.1, -0.05) is 40.8 Å². The predicted octanol–water partition coefficient (Wildman–Crippen LogP) is 4.32. The minimum absolute atomic E-state index is 0.0894. The molecule has 1 N–H and O–H groups in total. The lowest BCUT2D eigenvalue weighted by atomic mass is 9.98. The SMILES string of the molecule is Cc1cc(C)c(-c2csc(NC(=O)CSc3nncs3)n2)c(C)c1. The number of nitrogens with one attached hydrogen (secondary N) is 1. The van der Waals surface area contributed by atoms with Gasteiger partial charge in [0.05, 0.1) is 11.4 Å². The summed E-state index contributed by atoms with van der Waals surface area (Å²) in [5.74, 6) is 0.209. The molecule has 0 saturated carbocycles. The highest BCUT2D eigenvalue weighted by atomic mass is 32.2. The van der Waals surface area contributed by atoms with Gasteiger partial charge in [0.25, 0.3) is 0 Å². The van der Waals surface area contributed by atoms with Crippen molar-refractivity contribution < 1.29 is 4.79 Å². The molecule has 0 saturated heterocycles. The number of carbonyl (C=O) groups is 1. The Morgan fingerprint density at radius 1 is 1.21 bits per heavy atom. The Bertz CT molecular complexity index is 835. The fourth-order valence-corrected chi connectivity index (χ4v) is 4.54. The van der Waals surface area contributed by atoms with Gasteiger partial charge in [-0.05, 0) is 31.9 Å². The summed E-state index contributed by atoms with van der Waals surface area (Å²) in [6.07, 6.45) is 0. The summed E-state index contributed by atoms with van der Waals surface area (Å²) in [4.78, 5) is 16.6. The Kier molecular flexibility index (Phi) is 5.27. The van der Waals surface area contributed by atoms with Crippen LogP contribution in [0, 0.1) is 20.8 Å². The number of nitrogens with zero attached hydrogens (tertiary/aromatic N) is 3. The molecule has 0 unspecified atom stereocenters. The Balaban J connectivity index is 1.68. The van der Waals surface area contributed by atoms with Gasteiger partial charge in [0.1, 0.15) is 5.51 Å². The number of aryl methyl sites for hydroxylation is 3. The maximum Gasteiger partial charge on any atom is 0.236 e. The monoisotopic (exact) mass is 376 g/mol. The standard InChI is InChI=1S/C16H16N4OS3/c1-9-4-10(2)14(11(3)5-9)12-6-22-15(18-12)19-13(21)7-23-16-20-17-8-24-16/h4-6,8H,7H2,1-3H3,(H,18,19,21). The lowest BCUT2D eigenvalue weighted by molar-refractivity contribution is -0.113. The number of anilines is 1. The number of benzene rings is 1. The molecule has 24 heavy (non-hydrogen) atoms. The van der Waals surface area contributed by atoms with Crippen LogP contribution < -0.4 is 5.32 Å². The first-order valence-electron chi connectivity index (χ1n) is 7.25. The second kappa shape index (κ2) is 7.42. The van der Waals surface area contributed by atoms with Crippen LogP contribution in [0.2, 0.25) is 0 Å². The molecule has 5 nitrogen and oxygen atoms in total. The Morgan fingerprint density at radius 3 is 2.62 bits per heavy atom. The van der Waals surface area contributed by atoms with Crippen LogP contribution in [0.1, 0.15) is 16.7 Å². The summed E-state index contributed by atoms with van der Waals surface area (Å²) in [5, 5.41) is 13.1. The second-order valence-electron chi connectivity index (χ2n) is 5.35. The maximum atomic E-state index is 12.0. The fraction of sp³-hybridized carbons (Fsp3) is 0.250. The molecular weight excluding hydrogens is 360 g/mol. The zero-order valence-electron chi connectivity index (χ0n) is 13.5. The minimum Gasteiger partial charge on any atom is -0.301 e. The summed E-state index contributed by atoms with van der Waals surface area (Å²) >= 11 is 4.24. The van der Waals surface area contributed by atoms with E-state index in [4.69, 9.17) is 0 Å². The summed E-state index contributed by atoms with van der Waals surface area (Å²) in [5.41, 5.74) is 7.33. The summed E-state index contributed by atoms with van der Waals surface area (Å²) in [7, 11) is 0. The van der Waals surface area contributed by atoms with Crippen LogP contribution >= 0.6 is 34.4 Å². The molecule has 1 amide bonds. The number of thioether (sulfide) groups is 1. The van der Waals surface area contributed by atoms with Crippen LogP contribution in [0.4, 0.5) is 5.13 Å². The number of hydrogen-bond acceptors (Lipinski definition) is 7. The molecule has 0 spiro atoms. The normalized spacial score (nSPS) is 10.8. The molecule has 2 heterocycles. The van der Waals surface area contributed by atoms with E-state index in [1.807, 2.05) is 5.38 Å². The smallest absolute Gasteiger partial charge is 0.236 e. The van der Waals surface area contributed by atoms with Crippen molar-refractivity contribution in [1.82, 2.24) is 15.2 Å². The molecule has 0 aliphatic carbocycles.